The minimum Gasteiger partial charge on any atom is -0.496 e. The molecule has 182 valence electrons. The topological polar surface area (TPSA) is 117 Å². The van der Waals surface area contributed by atoms with Gasteiger partial charge in [0.15, 0.2) is 0 Å². The maximum atomic E-state index is 14.5. The molecule has 12 heteroatoms. The van der Waals surface area contributed by atoms with E-state index in [9.17, 15) is 32.3 Å². The lowest BCUT2D eigenvalue weighted by molar-refractivity contribution is -0.202. The fourth-order valence-corrected chi connectivity index (χ4v) is 4.11. The standard InChI is InChI=1S/C23H19F3N4O5/c1-35-15-10-6-5-9-14(15)18(31)29-22(23(24,25)26)16-17(27-20(22)33)30(21(34)28-19(16)32)12-11-13-7-3-2-4-8-13/h2-10,16H,11-12H2,1H3,(H,29,31)(H,28,32,34). The lowest BCUT2D eigenvalue weighted by atomic mass is 9.81. The molecule has 2 aromatic carbocycles. The van der Waals surface area contributed by atoms with Gasteiger partial charge in [-0.3, -0.25) is 24.6 Å². The number of amides is 5. The predicted octanol–water partition coefficient (Wildman–Crippen LogP) is 2.08. The van der Waals surface area contributed by atoms with Crippen molar-refractivity contribution in [2.45, 2.75) is 18.1 Å². The summed E-state index contributed by atoms with van der Waals surface area (Å²) in [6.45, 7) is -0.153. The molecule has 5 amide bonds. The number of imide groups is 1. The number of carbonyl (C=O) groups is 4. The summed E-state index contributed by atoms with van der Waals surface area (Å²) in [4.78, 5) is 55.2. The molecule has 0 aromatic heterocycles. The van der Waals surface area contributed by atoms with Gasteiger partial charge in [0.05, 0.1) is 12.7 Å². The minimum absolute atomic E-state index is 0.0401. The zero-order valence-corrected chi connectivity index (χ0v) is 18.3. The summed E-state index contributed by atoms with van der Waals surface area (Å²) in [5.74, 6) is -7.51. The van der Waals surface area contributed by atoms with Gasteiger partial charge in [-0.25, -0.2) is 4.79 Å². The third-order valence-corrected chi connectivity index (χ3v) is 5.84. The average Bonchev–Trinajstić information content (AvgIpc) is 3.12. The van der Waals surface area contributed by atoms with Crippen LogP contribution in [0.2, 0.25) is 0 Å². The van der Waals surface area contributed by atoms with Crippen molar-refractivity contribution in [3.05, 3.63) is 65.7 Å². The van der Waals surface area contributed by atoms with Crippen molar-refractivity contribution < 1.29 is 37.1 Å². The zero-order valence-electron chi connectivity index (χ0n) is 18.3. The number of urea groups is 1. The molecule has 2 aliphatic heterocycles. The largest absolute Gasteiger partial charge is 0.496 e. The number of amidine groups is 1. The Bertz CT molecular complexity index is 1230. The smallest absolute Gasteiger partial charge is 0.422 e. The Morgan fingerprint density at radius 1 is 1.11 bits per heavy atom. The number of ether oxygens (including phenoxy) is 1. The number of alkyl halides is 3. The summed E-state index contributed by atoms with van der Waals surface area (Å²) < 4.78 is 48.6. The van der Waals surface area contributed by atoms with Gasteiger partial charge in [0.1, 0.15) is 17.5 Å². The second-order valence-corrected chi connectivity index (χ2v) is 7.85. The highest BCUT2D eigenvalue weighted by Gasteiger charge is 2.73. The van der Waals surface area contributed by atoms with E-state index >= 15 is 0 Å². The van der Waals surface area contributed by atoms with E-state index in [-0.39, 0.29) is 24.3 Å². The van der Waals surface area contributed by atoms with Gasteiger partial charge in [0.2, 0.25) is 11.4 Å². The zero-order chi connectivity index (χ0) is 25.4. The summed E-state index contributed by atoms with van der Waals surface area (Å²) >= 11 is 0. The summed E-state index contributed by atoms with van der Waals surface area (Å²) in [6, 6.07) is 13.2. The lowest BCUT2D eigenvalue weighted by Gasteiger charge is -2.39. The highest BCUT2D eigenvalue weighted by molar-refractivity contribution is 6.27. The van der Waals surface area contributed by atoms with Crippen LogP contribution in [0.15, 0.2) is 59.6 Å². The molecular weight excluding hydrogens is 469 g/mol. The van der Waals surface area contributed by atoms with E-state index in [1.54, 1.807) is 35.6 Å². The van der Waals surface area contributed by atoms with E-state index in [0.717, 1.165) is 10.5 Å². The van der Waals surface area contributed by atoms with E-state index in [0.29, 0.717) is 0 Å². The molecule has 1 saturated heterocycles. The van der Waals surface area contributed by atoms with Gasteiger partial charge in [-0.2, -0.15) is 18.2 Å². The van der Waals surface area contributed by atoms with Crippen LogP contribution in [-0.2, 0) is 16.0 Å². The average molecular weight is 488 g/mol. The summed E-state index contributed by atoms with van der Waals surface area (Å²) in [6.07, 6.45) is -5.21. The lowest BCUT2D eigenvalue weighted by Crippen LogP contribution is -2.72. The number of halogens is 3. The van der Waals surface area contributed by atoms with Crippen LogP contribution in [0.3, 0.4) is 0 Å². The number of benzene rings is 2. The van der Waals surface area contributed by atoms with Gasteiger partial charge in [-0.05, 0) is 24.1 Å². The van der Waals surface area contributed by atoms with Gasteiger partial charge in [0, 0.05) is 6.54 Å². The number of fused-ring (bicyclic) bond motifs is 1. The number of aliphatic imine (C=N–C) groups is 1. The second kappa shape index (κ2) is 8.85. The highest BCUT2D eigenvalue weighted by atomic mass is 19.4. The van der Waals surface area contributed by atoms with Crippen molar-refractivity contribution in [3.63, 3.8) is 0 Å². The molecule has 0 saturated carbocycles. The van der Waals surface area contributed by atoms with Crippen LogP contribution in [-0.4, -0.2) is 59.9 Å². The molecule has 2 aromatic rings. The first-order valence-corrected chi connectivity index (χ1v) is 10.4. The summed E-state index contributed by atoms with van der Waals surface area (Å²) in [5, 5.41) is 3.56. The van der Waals surface area contributed by atoms with Crippen molar-refractivity contribution in [1.82, 2.24) is 15.5 Å². The fraction of sp³-hybridized carbons (Fsp3) is 0.261. The molecule has 4 rings (SSSR count). The van der Waals surface area contributed by atoms with Crippen molar-refractivity contribution in [1.29, 1.82) is 0 Å². The second-order valence-electron chi connectivity index (χ2n) is 7.85. The Kier molecular flexibility index (Phi) is 6.05. The molecular formula is C23H19F3N4O5. The van der Waals surface area contributed by atoms with Crippen molar-refractivity contribution in [2.24, 2.45) is 10.9 Å². The molecule has 0 radical (unpaired) electrons. The maximum absolute atomic E-state index is 14.5. The number of nitrogens with one attached hydrogen (secondary N) is 2. The van der Waals surface area contributed by atoms with Gasteiger partial charge >= 0.3 is 12.2 Å². The van der Waals surface area contributed by atoms with E-state index in [1.165, 1.54) is 31.4 Å². The predicted molar refractivity (Wildman–Crippen MR) is 116 cm³/mol. The van der Waals surface area contributed by atoms with Crippen LogP contribution in [0, 0.1) is 5.92 Å². The molecule has 0 bridgehead atoms. The molecule has 2 atom stereocenters. The number of rotatable bonds is 6. The Morgan fingerprint density at radius 3 is 2.43 bits per heavy atom. The molecule has 1 fully saturated rings. The first-order chi connectivity index (χ1) is 16.6. The Morgan fingerprint density at radius 2 is 1.77 bits per heavy atom. The number of carbonyl (C=O) groups excluding carboxylic acids is 4. The Labute approximate surface area is 197 Å². The number of hydrogen-bond donors (Lipinski definition) is 2. The van der Waals surface area contributed by atoms with Crippen molar-refractivity contribution in [2.75, 3.05) is 13.7 Å². The number of para-hydroxylation sites is 1. The number of methoxy groups -OCH3 is 1. The monoisotopic (exact) mass is 488 g/mol. The summed E-state index contributed by atoms with van der Waals surface area (Å²) in [7, 11) is 1.22. The molecule has 0 spiro atoms. The molecule has 2 unspecified atom stereocenters. The van der Waals surface area contributed by atoms with Crippen LogP contribution in [0.1, 0.15) is 15.9 Å². The van der Waals surface area contributed by atoms with Gasteiger partial charge < -0.3 is 10.1 Å². The first-order valence-electron chi connectivity index (χ1n) is 10.4. The van der Waals surface area contributed by atoms with Crippen molar-refractivity contribution in [3.8, 4) is 5.75 Å². The van der Waals surface area contributed by atoms with Crippen LogP contribution in [0.25, 0.3) is 0 Å². The van der Waals surface area contributed by atoms with Gasteiger partial charge in [-0.15, -0.1) is 0 Å². The van der Waals surface area contributed by atoms with Crippen LogP contribution >= 0.6 is 0 Å². The highest BCUT2D eigenvalue weighted by Crippen LogP contribution is 2.44. The van der Waals surface area contributed by atoms with Crippen LogP contribution in [0.5, 0.6) is 5.75 Å². The normalized spacial score (nSPS) is 21.8. The number of hydrogen-bond acceptors (Lipinski definition) is 5. The first kappa shape index (κ1) is 23.9. The molecule has 2 N–H and O–H groups in total. The molecule has 2 aliphatic rings. The van der Waals surface area contributed by atoms with E-state index in [2.05, 4.69) is 4.99 Å². The van der Waals surface area contributed by atoms with Gasteiger partial charge in [-0.1, -0.05) is 42.5 Å². The Hall–Kier alpha value is -4.22. The molecule has 2 heterocycles. The SMILES string of the molecule is COc1ccccc1C(=O)NC1(C(F)(F)F)C(=O)N=C2C1C(=O)NC(=O)N2CCc1ccccc1. The van der Waals surface area contributed by atoms with Crippen LogP contribution in [0.4, 0.5) is 18.0 Å². The number of nitrogens with zero attached hydrogens (tertiary/aromatic N) is 2. The Balaban J connectivity index is 1.71. The van der Waals surface area contributed by atoms with E-state index in [4.69, 9.17) is 4.74 Å². The third kappa shape index (κ3) is 4.00. The fourth-order valence-electron chi connectivity index (χ4n) is 4.11. The molecule has 9 nitrogen and oxygen atoms in total. The van der Waals surface area contributed by atoms with Crippen LogP contribution < -0.4 is 15.4 Å². The minimum atomic E-state index is -5.43. The third-order valence-electron chi connectivity index (χ3n) is 5.84. The van der Waals surface area contributed by atoms with Gasteiger partial charge in [0.25, 0.3) is 11.8 Å². The molecule has 35 heavy (non-hydrogen) atoms. The maximum Gasteiger partial charge on any atom is 0.422 e. The summed E-state index contributed by atoms with van der Waals surface area (Å²) in [5.41, 5.74) is -3.23. The van der Waals surface area contributed by atoms with Crippen molar-refractivity contribution >= 4 is 29.6 Å². The molecule has 0 aliphatic carbocycles. The van der Waals surface area contributed by atoms with E-state index in [1.807, 2.05) is 5.32 Å². The van der Waals surface area contributed by atoms with E-state index < -0.39 is 47.2 Å². The quantitative estimate of drug-likeness (QED) is 0.646.